The molecule has 0 aromatic carbocycles. The predicted molar refractivity (Wildman–Crippen MR) is 134 cm³/mol. The van der Waals surface area contributed by atoms with Gasteiger partial charge in [0.05, 0.1) is 0 Å². The number of fused-ring (bicyclic) bond motifs is 2. The van der Waals surface area contributed by atoms with Crippen LogP contribution in [0.3, 0.4) is 0 Å². The van der Waals surface area contributed by atoms with Gasteiger partial charge < -0.3 is 4.74 Å². The van der Waals surface area contributed by atoms with E-state index in [2.05, 4.69) is 53.7 Å². The van der Waals surface area contributed by atoms with E-state index in [4.69, 9.17) is 4.74 Å². The van der Waals surface area contributed by atoms with Crippen LogP contribution in [-0.4, -0.2) is 17.9 Å². The van der Waals surface area contributed by atoms with E-state index < -0.39 is 0 Å². The molecule has 0 amide bonds. The van der Waals surface area contributed by atoms with Crippen LogP contribution in [-0.2, 0) is 14.3 Å². The fourth-order valence-corrected chi connectivity index (χ4v) is 7.96. The molecule has 0 spiro atoms. The molecule has 0 aliphatic heterocycles. The average Bonchev–Trinajstić information content (AvgIpc) is 3.11. The number of carbonyl (C=O) groups excluding carboxylic acids is 2. The topological polar surface area (TPSA) is 43.4 Å². The van der Waals surface area contributed by atoms with Crippen molar-refractivity contribution in [2.45, 2.75) is 106 Å². The molecule has 0 saturated heterocycles. The summed E-state index contributed by atoms with van der Waals surface area (Å²) in [6.07, 6.45) is 13.0. The van der Waals surface area contributed by atoms with E-state index in [0.29, 0.717) is 23.5 Å². The van der Waals surface area contributed by atoms with Gasteiger partial charge in [-0.2, -0.15) is 0 Å². The van der Waals surface area contributed by atoms with E-state index in [9.17, 15) is 9.59 Å². The lowest BCUT2D eigenvalue weighted by Gasteiger charge is -2.51. The summed E-state index contributed by atoms with van der Waals surface area (Å²) in [6.45, 7) is 15.7. The number of hydrogen-bond acceptors (Lipinski definition) is 3. The van der Waals surface area contributed by atoms with Gasteiger partial charge in [-0.25, -0.2) is 0 Å². The SMILES string of the molecule is CC(=O)O[C@H]1CC[C@]2(C)C3=C(C=C[C@H]2C1)C(=O)[C@@](C)([C@@H]1CC[C@H](C[C@H](C)C(C)C)[C@H]1C)CC3. The summed E-state index contributed by atoms with van der Waals surface area (Å²) < 4.78 is 5.55. The zero-order chi connectivity index (χ0) is 24.1. The third-order valence-corrected chi connectivity index (χ3v) is 10.7. The van der Waals surface area contributed by atoms with Crippen molar-refractivity contribution in [2.75, 3.05) is 0 Å². The Kier molecular flexibility index (Phi) is 6.75. The Balaban J connectivity index is 1.52. The first-order valence-electron chi connectivity index (χ1n) is 13.6. The third kappa shape index (κ3) is 4.27. The third-order valence-electron chi connectivity index (χ3n) is 10.7. The molecular formula is C30H46O3. The van der Waals surface area contributed by atoms with Crippen molar-refractivity contribution < 1.29 is 14.3 Å². The predicted octanol–water partition coefficient (Wildman–Crippen LogP) is 7.30. The molecule has 0 N–H and O–H groups in total. The van der Waals surface area contributed by atoms with E-state index in [1.165, 1.54) is 31.8 Å². The lowest BCUT2D eigenvalue weighted by atomic mass is 9.53. The second-order valence-electron chi connectivity index (χ2n) is 12.8. The van der Waals surface area contributed by atoms with Gasteiger partial charge in [0.2, 0.25) is 0 Å². The quantitative estimate of drug-likeness (QED) is 0.409. The van der Waals surface area contributed by atoms with Crippen molar-refractivity contribution in [2.24, 2.45) is 46.3 Å². The van der Waals surface area contributed by atoms with Gasteiger partial charge in [-0.15, -0.1) is 0 Å². The molecule has 4 aliphatic rings. The monoisotopic (exact) mass is 454 g/mol. The Morgan fingerprint density at radius 3 is 2.52 bits per heavy atom. The van der Waals surface area contributed by atoms with Gasteiger partial charge in [-0.1, -0.05) is 59.3 Å². The van der Waals surface area contributed by atoms with Gasteiger partial charge in [0.15, 0.2) is 5.78 Å². The van der Waals surface area contributed by atoms with Crippen LogP contribution in [0, 0.1) is 46.3 Å². The van der Waals surface area contributed by atoms with Gasteiger partial charge in [0.25, 0.3) is 0 Å². The van der Waals surface area contributed by atoms with Crippen molar-refractivity contribution in [1.82, 2.24) is 0 Å². The lowest BCUT2D eigenvalue weighted by Crippen LogP contribution is -2.47. The van der Waals surface area contributed by atoms with Gasteiger partial charge in [-0.05, 0) is 92.3 Å². The Bertz CT molecular complexity index is 851. The Morgan fingerprint density at radius 1 is 1.12 bits per heavy atom. The first-order valence-corrected chi connectivity index (χ1v) is 13.6. The molecule has 0 heterocycles. The Hall–Kier alpha value is -1.38. The highest BCUT2D eigenvalue weighted by atomic mass is 16.5. The minimum atomic E-state index is -0.226. The van der Waals surface area contributed by atoms with Gasteiger partial charge in [0, 0.05) is 17.9 Å². The molecule has 0 radical (unpaired) electrons. The van der Waals surface area contributed by atoms with Crippen LogP contribution in [0.15, 0.2) is 23.3 Å². The maximum atomic E-state index is 14.1. The highest BCUT2D eigenvalue weighted by molar-refractivity contribution is 6.04. The second kappa shape index (κ2) is 9.00. The summed E-state index contributed by atoms with van der Waals surface area (Å²) >= 11 is 0. The van der Waals surface area contributed by atoms with Crippen molar-refractivity contribution in [1.29, 1.82) is 0 Å². The standard InChI is InChI=1S/C30H46O3/c1-18(2)19(3)16-22-8-11-26(20(22)4)30(7)15-13-27-25(28(30)32)10-9-23-17-24(33-21(5)31)12-14-29(23,27)6/h9-10,18-20,22-24,26H,8,11-17H2,1-7H3/t19-,20+,22+,23-,24-,26+,29-,30+/m0/s1. The molecule has 8 atom stereocenters. The van der Waals surface area contributed by atoms with E-state index in [0.717, 1.165) is 55.4 Å². The number of allylic oxidation sites excluding steroid dienone is 4. The van der Waals surface area contributed by atoms with E-state index >= 15 is 0 Å². The summed E-state index contributed by atoms with van der Waals surface area (Å²) in [6, 6.07) is 0. The fourth-order valence-electron chi connectivity index (χ4n) is 7.96. The molecule has 184 valence electrons. The van der Waals surface area contributed by atoms with Crippen molar-refractivity contribution >= 4 is 11.8 Å². The van der Waals surface area contributed by atoms with Crippen LogP contribution < -0.4 is 0 Å². The van der Waals surface area contributed by atoms with Crippen LogP contribution >= 0.6 is 0 Å². The number of rotatable bonds is 5. The molecule has 33 heavy (non-hydrogen) atoms. The highest BCUT2D eigenvalue weighted by Gasteiger charge is 2.54. The zero-order valence-electron chi connectivity index (χ0n) is 22.1. The lowest BCUT2D eigenvalue weighted by molar-refractivity contribution is -0.149. The normalized spacial score (nSPS) is 41.7. The summed E-state index contributed by atoms with van der Waals surface area (Å²) in [4.78, 5) is 25.6. The van der Waals surface area contributed by atoms with Crippen molar-refractivity contribution in [3.8, 4) is 0 Å². The van der Waals surface area contributed by atoms with E-state index in [1.54, 1.807) is 0 Å². The Labute approximate surface area is 201 Å². The Morgan fingerprint density at radius 2 is 1.85 bits per heavy atom. The van der Waals surface area contributed by atoms with E-state index in [-0.39, 0.29) is 22.9 Å². The first-order chi connectivity index (χ1) is 15.5. The van der Waals surface area contributed by atoms with Crippen molar-refractivity contribution in [3.05, 3.63) is 23.3 Å². The molecule has 0 bridgehead atoms. The van der Waals surface area contributed by atoms with Crippen LogP contribution in [0.1, 0.15) is 99.8 Å². The molecule has 0 aromatic rings. The van der Waals surface area contributed by atoms with Crippen LogP contribution in [0.4, 0.5) is 0 Å². The second-order valence-corrected chi connectivity index (χ2v) is 12.8. The number of ether oxygens (including phenoxy) is 1. The zero-order valence-corrected chi connectivity index (χ0v) is 22.1. The largest absolute Gasteiger partial charge is 0.463 e. The molecule has 0 aromatic heterocycles. The molecule has 0 unspecified atom stereocenters. The smallest absolute Gasteiger partial charge is 0.302 e. The van der Waals surface area contributed by atoms with Crippen molar-refractivity contribution in [3.63, 3.8) is 0 Å². The molecule has 4 aliphatic carbocycles. The molecule has 2 saturated carbocycles. The van der Waals surface area contributed by atoms with E-state index in [1.807, 2.05) is 0 Å². The number of esters is 1. The summed E-state index contributed by atoms with van der Waals surface area (Å²) in [7, 11) is 0. The summed E-state index contributed by atoms with van der Waals surface area (Å²) in [5, 5.41) is 0. The molecule has 2 fully saturated rings. The van der Waals surface area contributed by atoms with Gasteiger partial charge in [-0.3, -0.25) is 9.59 Å². The summed E-state index contributed by atoms with van der Waals surface area (Å²) in [5.41, 5.74) is 2.24. The minimum absolute atomic E-state index is 0.0152. The highest BCUT2D eigenvalue weighted by Crippen LogP contribution is 2.59. The fraction of sp³-hybridized carbons (Fsp3) is 0.800. The molecule has 4 rings (SSSR count). The summed E-state index contributed by atoms with van der Waals surface area (Å²) in [5.74, 6) is 3.95. The van der Waals surface area contributed by atoms with Crippen LogP contribution in [0.2, 0.25) is 0 Å². The number of Topliss-reactive ketones (excluding diaryl/α,β-unsaturated/α-hetero) is 1. The number of hydrogen-bond donors (Lipinski definition) is 0. The maximum absolute atomic E-state index is 14.1. The van der Waals surface area contributed by atoms with Gasteiger partial charge in [0.1, 0.15) is 6.10 Å². The van der Waals surface area contributed by atoms with Crippen LogP contribution in [0.25, 0.3) is 0 Å². The molecule has 3 heteroatoms. The molecular weight excluding hydrogens is 408 g/mol. The van der Waals surface area contributed by atoms with Crippen LogP contribution in [0.5, 0.6) is 0 Å². The minimum Gasteiger partial charge on any atom is -0.463 e. The average molecular weight is 455 g/mol. The number of carbonyl (C=O) groups is 2. The number of ketones is 1. The van der Waals surface area contributed by atoms with Gasteiger partial charge >= 0.3 is 5.97 Å². The molecule has 3 nitrogen and oxygen atoms in total. The maximum Gasteiger partial charge on any atom is 0.302 e. The first kappa shape index (κ1) is 24.7.